The third-order valence-corrected chi connectivity index (χ3v) is 8.23. The Bertz CT molecular complexity index is 1770. The van der Waals surface area contributed by atoms with Gasteiger partial charge in [-0.05, 0) is 90.1 Å². The van der Waals surface area contributed by atoms with Gasteiger partial charge in [0.05, 0.1) is 16.7 Å². The molecule has 0 unspecified atom stereocenters. The van der Waals surface area contributed by atoms with Crippen LogP contribution in [0.25, 0.3) is 22.2 Å². The second kappa shape index (κ2) is 11.0. The van der Waals surface area contributed by atoms with Gasteiger partial charge in [0.2, 0.25) is 0 Å². The summed E-state index contributed by atoms with van der Waals surface area (Å²) in [6.07, 6.45) is 6.31. The van der Waals surface area contributed by atoms with Crippen LogP contribution in [-0.2, 0) is 23.2 Å². The van der Waals surface area contributed by atoms with E-state index >= 15 is 0 Å². The molecule has 4 aromatic heterocycles. The molecule has 1 aromatic carbocycles. The van der Waals surface area contributed by atoms with E-state index in [9.17, 15) is 9.90 Å². The first-order valence-corrected chi connectivity index (χ1v) is 15.3. The fourth-order valence-corrected chi connectivity index (χ4v) is 5.80. The van der Waals surface area contributed by atoms with Crippen LogP contribution in [0.15, 0.2) is 53.3 Å². The molecule has 228 valence electrons. The van der Waals surface area contributed by atoms with E-state index in [0.717, 1.165) is 48.2 Å². The van der Waals surface area contributed by atoms with Crippen LogP contribution < -0.4 is 0 Å². The maximum atomic E-state index is 13.8. The highest BCUT2D eigenvalue weighted by molar-refractivity contribution is 5.94. The summed E-state index contributed by atoms with van der Waals surface area (Å²) in [5.74, 6) is 1.38. The van der Waals surface area contributed by atoms with Crippen LogP contribution in [0.3, 0.4) is 0 Å². The van der Waals surface area contributed by atoms with E-state index in [-0.39, 0.29) is 5.92 Å². The topological polar surface area (TPSA) is 116 Å². The Hall–Kier alpha value is -4.37. The summed E-state index contributed by atoms with van der Waals surface area (Å²) in [7, 11) is 0. The van der Waals surface area contributed by atoms with Crippen molar-refractivity contribution in [1.29, 1.82) is 0 Å². The number of aryl methyl sites for hydroxylation is 4. The number of rotatable bonds is 7. The molecule has 1 fully saturated rings. The van der Waals surface area contributed by atoms with Crippen molar-refractivity contribution in [2.45, 2.75) is 91.3 Å². The Morgan fingerprint density at radius 3 is 2.07 bits per heavy atom. The molecule has 44 heavy (non-hydrogen) atoms. The van der Waals surface area contributed by atoms with Crippen molar-refractivity contribution in [2.24, 2.45) is 0 Å². The van der Waals surface area contributed by atoms with Gasteiger partial charge in [0.15, 0.2) is 0 Å². The predicted molar refractivity (Wildman–Crippen MR) is 168 cm³/mol. The number of imidazole rings is 1. The third-order valence-electron chi connectivity index (χ3n) is 8.23. The van der Waals surface area contributed by atoms with Crippen molar-refractivity contribution in [3.05, 3.63) is 94.1 Å². The lowest BCUT2D eigenvalue weighted by Crippen LogP contribution is -2.30. The maximum absolute atomic E-state index is 13.8. The zero-order valence-corrected chi connectivity index (χ0v) is 26.4. The van der Waals surface area contributed by atoms with E-state index in [4.69, 9.17) is 14.2 Å². The summed E-state index contributed by atoms with van der Waals surface area (Å²) in [5.41, 5.74) is 4.33. The lowest BCUT2D eigenvalue weighted by molar-refractivity contribution is 0.0539. The lowest BCUT2D eigenvalue weighted by Gasteiger charge is -2.30. The molecule has 1 saturated carbocycles. The van der Waals surface area contributed by atoms with Gasteiger partial charge < -0.3 is 14.4 Å². The molecule has 9 heteroatoms. The van der Waals surface area contributed by atoms with Crippen LogP contribution in [0, 0.1) is 13.8 Å². The van der Waals surface area contributed by atoms with E-state index in [1.165, 1.54) is 0 Å². The Morgan fingerprint density at radius 2 is 1.61 bits per heavy atom. The molecule has 0 aliphatic heterocycles. The van der Waals surface area contributed by atoms with E-state index in [1.54, 1.807) is 17.0 Å². The Morgan fingerprint density at radius 1 is 1.00 bits per heavy atom. The quantitative estimate of drug-likeness (QED) is 0.211. The number of hydrogen-bond acceptors (Lipinski definition) is 8. The number of ether oxygens (including phenoxy) is 1. The molecular weight excluding hydrogens is 554 g/mol. The third kappa shape index (κ3) is 5.19. The molecule has 0 atom stereocenters. The predicted octanol–water partition coefficient (Wildman–Crippen LogP) is 7.17. The van der Waals surface area contributed by atoms with Crippen LogP contribution in [0.1, 0.15) is 98.7 Å². The van der Waals surface area contributed by atoms with Crippen molar-refractivity contribution in [3.63, 3.8) is 0 Å². The highest BCUT2D eigenvalue weighted by Crippen LogP contribution is 2.46. The number of fused-ring (bicyclic) bond motifs is 1. The molecule has 5 aromatic rings. The van der Waals surface area contributed by atoms with Gasteiger partial charge in [-0.3, -0.25) is 9.97 Å². The zero-order valence-electron chi connectivity index (χ0n) is 26.4. The minimum absolute atomic E-state index is 0.120. The van der Waals surface area contributed by atoms with Crippen LogP contribution in [0.4, 0.5) is 4.79 Å². The van der Waals surface area contributed by atoms with E-state index in [0.29, 0.717) is 45.0 Å². The molecule has 1 N–H and O–H groups in total. The van der Waals surface area contributed by atoms with Crippen molar-refractivity contribution in [1.82, 2.24) is 24.7 Å². The average molecular weight is 594 g/mol. The fraction of sp³-hybridized carbons (Fsp3) is 0.400. The molecule has 4 heterocycles. The smallest absolute Gasteiger partial charge is 0.420 e. The second-order valence-electron chi connectivity index (χ2n) is 12.6. The number of aliphatic hydroxyl groups is 1. The number of carbonyl (C=O) groups excluding carboxylic acids is 1. The van der Waals surface area contributed by atoms with E-state index in [2.05, 4.69) is 15.1 Å². The Kier molecular flexibility index (Phi) is 7.40. The number of carbonyl (C=O) groups is 1. The zero-order chi connectivity index (χ0) is 31.4. The Balaban J connectivity index is 1.72. The summed E-state index contributed by atoms with van der Waals surface area (Å²) in [5, 5.41) is 17.3. The molecule has 0 spiro atoms. The maximum Gasteiger partial charge on any atom is 0.420 e. The van der Waals surface area contributed by atoms with Gasteiger partial charge >= 0.3 is 6.09 Å². The first kappa shape index (κ1) is 29.7. The molecule has 6 rings (SSSR count). The van der Waals surface area contributed by atoms with Crippen molar-refractivity contribution < 1.29 is 19.2 Å². The largest absolute Gasteiger partial charge is 0.443 e. The van der Waals surface area contributed by atoms with Crippen molar-refractivity contribution in [2.75, 3.05) is 0 Å². The second-order valence-corrected chi connectivity index (χ2v) is 12.6. The van der Waals surface area contributed by atoms with Crippen LogP contribution in [-0.4, -0.2) is 41.5 Å². The number of pyridine rings is 2. The van der Waals surface area contributed by atoms with Gasteiger partial charge in [0.1, 0.15) is 22.8 Å². The average Bonchev–Trinajstić information content (AvgIpc) is 3.69. The standard InChI is InChI=1S/C35H39N5O4/c1-8-26-14-12-24(18-36-26)35(42,25-13-15-27(9-2)37-19-25)28-16-23(30-20(3)39-44-21(30)4)17-29-31(28)38-32(22-10-11-22)40(29)33(41)43-34(5,6)7/h12-19,22,42H,8-11H2,1-7H3. The molecule has 0 radical (unpaired) electrons. The molecule has 0 bridgehead atoms. The van der Waals surface area contributed by atoms with E-state index in [1.807, 2.05) is 84.9 Å². The van der Waals surface area contributed by atoms with Gasteiger partial charge in [-0.1, -0.05) is 31.1 Å². The summed E-state index contributed by atoms with van der Waals surface area (Å²) >= 11 is 0. The SMILES string of the molecule is CCc1ccc(C(O)(c2ccc(CC)nc2)c2cc(-c3c(C)noc3C)cc3c2nc(C2CC2)n3C(=O)OC(C)(C)C)cn1. The van der Waals surface area contributed by atoms with Crippen LogP contribution >= 0.6 is 0 Å². The van der Waals surface area contributed by atoms with Crippen LogP contribution in [0.5, 0.6) is 0 Å². The molecule has 0 amide bonds. The fourth-order valence-electron chi connectivity index (χ4n) is 5.80. The first-order chi connectivity index (χ1) is 20.9. The van der Waals surface area contributed by atoms with Gasteiger partial charge in [-0.15, -0.1) is 0 Å². The minimum atomic E-state index is -1.71. The lowest BCUT2D eigenvalue weighted by atomic mass is 9.79. The number of benzene rings is 1. The molecular formula is C35H39N5O4. The summed E-state index contributed by atoms with van der Waals surface area (Å²) in [6, 6.07) is 11.5. The molecule has 9 nitrogen and oxygen atoms in total. The molecule has 1 aliphatic carbocycles. The minimum Gasteiger partial charge on any atom is -0.443 e. The summed E-state index contributed by atoms with van der Waals surface area (Å²) in [6.45, 7) is 13.4. The number of hydrogen-bond donors (Lipinski definition) is 1. The van der Waals surface area contributed by atoms with Crippen LogP contribution in [0.2, 0.25) is 0 Å². The highest BCUT2D eigenvalue weighted by atomic mass is 16.6. The molecule has 0 saturated heterocycles. The van der Waals surface area contributed by atoms with Gasteiger partial charge in [0.25, 0.3) is 0 Å². The molecule has 1 aliphatic rings. The normalized spacial score (nSPS) is 13.9. The monoisotopic (exact) mass is 593 g/mol. The number of nitrogens with zero attached hydrogens (tertiary/aromatic N) is 5. The summed E-state index contributed by atoms with van der Waals surface area (Å²) in [4.78, 5) is 28.3. The van der Waals surface area contributed by atoms with E-state index < -0.39 is 17.3 Å². The van der Waals surface area contributed by atoms with Gasteiger partial charge in [-0.25, -0.2) is 14.3 Å². The summed E-state index contributed by atoms with van der Waals surface area (Å²) < 4.78 is 13.0. The van der Waals surface area contributed by atoms with Gasteiger partial charge in [-0.2, -0.15) is 0 Å². The highest BCUT2D eigenvalue weighted by Gasteiger charge is 2.41. The number of aromatic nitrogens is 5. The first-order valence-electron chi connectivity index (χ1n) is 15.3. The van der Waals surface area contributed by atoms with Gasteiger partial charge in [0, 0.05) is 52.0 Å². The Labute approximate surface area is 257 Å². The van der Waals surface area contributed by atoms with Crippen molar-refractivity contribution >= 4 is 17.1 Å². The van der Waals surface area contributed by atoms with Crippen molar-refractivity contribution in [3.8, 4) is 11.1 Å².